The third kappa shape index (κ3) is 2.70. The van der Waals surface area contributed by atoms with Gasteiger partial charge in [-0.25, -0.2) is 4.98 Å². The Bertz CT molecular complexity index is 1220. The Morgan fingerprint density at radius 1 is 0.900 bits per heavy atom. The Hall–Kier alpha value is -3.60. The van der Waals surface area contributed by atoms with Gasteiger partial charge in [-0.05, 0) is 29.9 Å². The molecule has 0 bridgehead atoms. The number of hydrogen-bond donors (Lipinski definition) is 1. The highest BCUT2D eigenvalue weighted by Gasteiger charge is 2.38. The molecule has 1 atom stereocenters. The molecule has 1 fully saturated rings. The van der Waals surface area contributed by atoms with Gasteiger partial charge >= 0.3 is 0 Å². The third-order valence-electron chi connectivity index (χ3n) is 6.21. The normalized spacial score (nSPS) is 17.3. The fourth-order valence-electron chi connectivity index (χ4n) is 4.65. The van der Waals surface area contributed by atoms with Gasteiger partial charge < -0.3 is 9.99 Å². The second-order valence-electron chi connectivity index (χ2n) is 8.14. The first-order chi connectivity index (χ1) is 14.8. The van der Waals surface area contributed by atoms with Crippen molar-refractivity contribution >= 4 is 0 Å². The first-order valence-corrected chi connectivity index (χ1v) is 10.5. The largest absolute Gasteiger partial charge is 0.307 e. The molecular formula is C25H22N4O. The Morgan fingerprint density at radius 2 is 1.57 bits per heavy atom. The van der Waals surface area contributed by atoms with Crippen molar-refractivity contribution in [2.24, 2.45) is 5.92 Å². The van der Waals surface area contributed by atoms with Crippen molar-refractivity contribution in [1.82, 2.24) is 14.2 Å². The molecule has 0 radical (unpaired) electrons. The van der Waals surface area contributed by atoms with E-state index in [1.807, 2.05) is 59.7 Å². The standard InChI is InChI=1S/C25H22N4O/c30-20-13-15-29-23(25-26-14-16-28(25)24(27-29)19-11-12-19)22(20)21(17-7-3-1-4-8-17)18-9-5-2-6-10-18/h1-10,13-16,19,21,24,27H,11-12H2. The summed E-state index contributed by atoms with van der Waals surface area (Å²) in [6.07, 6.45) is 8.32. The van der Waals surface area contributed by atoms with Gasteiger partial charge in [-0.15, -0.1) is 0 Å². The molecule has 2 aromatic carbocycles. The Balaban J connectivity index is 1.62. The first-order valence-electron chi connectivity index (χ1n) is 10.5. The number of nitrogens with zero attached hydrogens (tertiary/aromatic N) is 3. The van der Waals surface area contributed by atoms with E-state index >= 15 is 0 Å². The van der Waals surface area contributed by atoms with Crippen LogP contribution in [0.25, 0.3) is 11.5 Å². The van der Waals surface area contributed by atoms with Crippen LogP contribution >= 0.6 is 0 Å². The zero-order valence-corrected chi connectivity index (χ0v) is 16.5. The van der Waals surface area contributed by atoms with E-state index in [1.165, 1.54) is 12.8 Å². The van der Waals surface area contributed by atoms with Crippen LogP contribution in [-0.4, -0.2) is 14.2 Å². The van der Waals surface area contributed by atoms with Crippen LogP contribution in [0.3, 0.4) is 0 Å². The maximum Gasteiger partial charge on any atom is 0.186 e. The number of nitrogens with one attached hydrogen (secondary N) is 1. The predicted molar refractivity (Wildman–Crippen MR) is 117 cm³/mol. The second kappa shape index (κ2) is 6.73. The summed E-state index contributed by atoms with van der Waals surface area (Å²) in [5, 5.41) is 0. The Morgan fingerprint density at radius 3 is 2.20 bits per heavy atom. The Labute approximate surface area is 174 Å². The number of fused-ring (bicyclic) bond motifs is 3. The van der Waals surface area contributed by atoms with Crippen molar-refractivity contribution in [3.05, 3.63) is 112 Å². The predicted octanol–water partition coefficient (Wildman–Crippen LogP) is 4.36. The zero-order valence-electron chi connectivity index (χ0n) is 16.5. The number of aromatic nitrogens is 3. The van der Waals surface area contributed by atoms with Crippen molar-refractivity contribution in [2.45, 2.75) is 24.9 Å². The van der Waals surface area contributed by atoms with Gasteiger partial charge in [0, 0.05) is 36.1 Å². The molecule has 2 aromatic heterocycles. The topological polar surface area (TPSA) is 51.9 Å². The van der Waals surface area contributed by atoms with E-state index in [0.717, 1.165) is 28.2 Å². The van der Waals surface area contributed by atoms with Gasteiger partial charge in [0.15, 0.2) is 11.3 Å². The molecule has 1 saturated carbocycles. The summed E-state index contributed by atoms with van der Waals surface area (Å²) in [6, 6.07) is 22.2. The van der Waals surface area contributed by atoms with Gasteiger partial charge in [0.2, 0.25) is 0 Å². The third-order valence-corrected chi connectivity index (χ3v) is 6.21. The van der Waals surface area contributed by atoms with E-state index < -0.39 is 0 Å². The summed E-state index contributed by atoms with van der Waals surface area (Å²) in [5.74, 6) is 1.29. The number of benzene rings is 2. The summed E-state index contributed by atoms with van der Waals surface area (Å²) in [5.41, 5.74) is 7.45. The lowest BCUT2D eigenvalue weighted by molar-refractivity contribution is 0.440. The van der Waals surface area contributed by atoms with E-state index in [-0.39, 0.29) is 17.5 Å². The van der Waals surface area contributed by atoms with Crippen LogP contribution in [0, 0.1) is 5.92 Å². The maximum atomic E-state index is 13.4. The van der Waals surface area contributed by atoms with Crippen LogP contribution in [0.15, 0.2) is 90.1 Å². The highest BCUT2D eigenvalue weighted by Crippen LogP contribution is 2.44. The quantitative estimate of drug-likeness (QED) is 0.560. The van der Waals surface area contributed by atoms with E-state index in [9.17, 15) is 4.79 Å². The van der Waals surface area contributed by atoms with E-state index in [2.05, 4.69) is 34.3 Å². The van der Waals surface area contributed by atoms with Gasteiger partial charge in [-0.1, -0.05) is 60.7 Å². The van der Waals surface area contributed by atoms with Crippen LogP contribution in [-0.2, 0) is 0 Å². The summed E-state index contributed by atoms with van der Waals surface area (Å²) in [7, 11) is 0. The average Bonchev–Trinajstić information content (AvgIpc) is 3.52. The molecule has 0 saturated heterocycles. The summed E-state index contributed by atoms with van der Waals surface area (Å²) in [4.78, 5) is 18.1. The van der Waals surface area contributed by atoms with Gasteiger partial charge in [-0.2, -0.15) is 0 Å². The molecule has 1 N–H and O–H groups in total. The smallest absolute Gasteiger partial charge is 0.186 e. The first kappa shape index (κ1) is 17.3. The minimum atomic E-state index is -0.174. The monoisotopic (exact) mass is 394 g/mol. The summed E-state index contributed by atoms with van der Waals surface area (Å²) in [6.45, 7) is 0. The SMILES string of the molecule is O=c1ccn2c(c1C(c1ccccc1)c1ccccc1)-c1nccn1C(C1CC1)N2. The van der Waals surface area contributed by atoms with Crippen molar-refractivity contribution in [3.63, 3.8) is 0 Å². The average molecular weight is 394 g/mol. The minimum Gasteiger partial charge on any atom is -0.307 e. The van der Waals surface area contributed by atoms with Crippen LogP contribution in [0.2, 0.25) is 0 Å². The summed E-state index contributed by atoms with van der Waals surface area (Å²) >= 11 is 0. The molecule has 6 rings (SSSR count). The molecule has 1 aliphatic carbocycles. The van der Waals surface area contributed by atoms with Crippen molar-refractivity contribution in [3.8, 4) is 11.5 Å². The molecule has 5 nitrogen and oxygen atoms in total. The van der Waals surface area contributed by atoms with Crippen LogP contribution in [0.1, 0.15) is 41.6 Å². The number of hydrogen-bond acceptors (Lipinski definition) is 3. The van der Waals surface area contributed by atoms with Gasteiger partial charge in [-0.3, -0.25) is 9.47 Å². The molecule has 0 spiro atoms. The van der Waals surface area contributed by atoms with E-state index in [0.29, 0.717) is 5.92 Å². The molecular weight excluding hydrogens is 372 g/mol. The maximum absolute atomic E-state index is 13.4. The molecule has 30 heavy (non-hydrogen) atoms. The summed E-state index contributed by atoms with van der Waals surface area (Å²) < 4.78 is 4.21. The van der Waals surface area contributed by atoms with Crippen molar-refractivity contribution in [1.29, 1.82) is 0 Å². The molecule has 4 aromatic rings. The lowest BCUT2D eigenvalue weighted by Crippen LogP contribution is -2.36. The fourth-order valence-corrected chi connectivity index (χ4v) is 4.65. The second-order valence-corrected chi connectivity index (χ2v) is 8.14. The van der Waals surface area contributed by atoms with Crippen LogP contribution in [0.5, 0.6) is 0 Å². The minimum absolute atomic E-state index is 0.0279. The molecule has 1 aliphatic heterocycles. The molecule has 2 aliphatic rings. The number of pyridine rings is 1. The lowest BCUT2D eigenvalue weighted by Gasteiger charge is -2.33. The van der Waals surface area contributed by atoms with E-state index in [4.69, 9.17) is 4.98 Å². The van der Waals surface area contributed by atoms with Gasteiger partial charge in [0.25, 0.3) is 0 Å². The van der Waals surface area contributed by atoms with Crippen LogP contribution in [0.4, 0.5) is 0 Å². The number of imidazole rings is 1. The molecule has 5 heteroatoms. The van der Waals surface area contributed by atoms with Crippen molar-refractivity contribution < 1.29 is 0 Å². The van der Waals surface area contributed by atoms with Crippen molar-refractivity contribution in [2.75, 3.05) is 5.43 Å². The molecule has 1 unspecified atom stereocenters. The molecule has 148 valence electrons. The van der Waals surface area contributed by atoms with E-state index in [1.54, 1.807) is 6.07 Å². The highest BCUT2D eigenvalue weighted by molar-refractivity contribution is 5.63. The van der Waals surface area contributed by atoms with Gasteiger partial charge in [0.05, 0.1) is 0 Å². The van der Waals surface area contributed by atoms with Gasteiger partial charge in [0.1, 0.15) is 11.9 Å². The highest BCUT2D eigenvalue weighted by atomic mass is 16.1. The lowest BCUT2D eigenvalue weighted by atomic mass is 9.83. The fraction of sp³-hybridized carbons (Fsp3) is 0.200. The molecule has 3 heterocycles. The number of rotatable bonds is 4. The molecule has 0 amide bonds. The van der Waals surface area contributed by atoms with Crippen LogP contribution < -0.4 is 10.9 Å². The Kier molecular flexibility index (Phi) is 3.88. The zero-order chi connectivity index (χ0) is 20.1.